The van der Waals surface area contributed by atoms with Crippen LogP contribution < -0.4 is 5.32 Å². The average Bonchev–Trinajstić information content (AvgIpc) is 2.14. The number of rotatable bonds is 2. The molecule has 66 valence electrons. The number of nitrogens with one attached hydrogen (secondary N) is 1. The Hall–Kier alpha value is -1.27. The lowest BCUT2D eigenvalue weighted by atomic mass is 10.2. The summed E-state index contributed by atoms with van der Waals surface area (Å²) in [5.41, 5.74) is 0.602. The summed E-state index contributed by atoms with van der Waals surface area (Å²) in [6.45, 7) is 0.255. The maximum atomic E-state index is 11.3. The predicted molar refractivity (Wildman–Crippen MR) is 55.3 cm³/mol. The Kier molecular flexibility index (Phi) is 3.53. The molecule has 0 heterocycles. The molecule has 0 radical (unpaired) electrons. The van der Waals surface area contributed by atoms with Gasteiger partial charge in [-0.15, -0.1) is 6.42 Å². The first kappa shape index (κ1) is 9.82. The van der Waals surface area contributed by atoms with Gasteiger partial charge in [-0.1, -0.05) is 27.9 Å². The zero-order chi connectivity index (χ0) is 9.68. The van der Waals surface area contributed by atoms with Crippen LogP contribution in [-0.4, -0.2) is 12.5 Å². The number of hydrogen-bond donors (Lipinski definition) is 1. The highest BCUT2D eigenvalue weighted by molar-refractivity contribution is 9.10. The second-order valence-electron chi connectivity index (χ2n) is 2.40. The molecule has 1 amide bonds. The Morgan fingerprint density at radius 2 is 2.38 bits per heavy atom. The van der Waals surface area contributed by atoms with Gasteiger partial charge in [0.2, 0.25) is 0 Å². The molecule has 1 rings (SSSR count). The lowest BCUT2D eigenvalue weighted by Gasteiger charge is -2.00. The Balaban J connectivity index is 2.72. The van der Waals surface area contributed by atoms with E-state index in [1.807, 2.05) is 6.07 Å². The van der Waals surface area contributed by atoms with Crippen LogP contribution in [-0.2, 0) is 0 Å². The number of carbonyl (C=O) groups is 1. The van der Waals surface area contributed by atoms with Gasteiger partial charge in [0.25, 0.3) is 5.91 Å². The van der Waals surface area contributed by atoms with Crippen LogP contribution in [0, 0.1) is 12.3 Å². The fourth-order valence-electron chi connectivity index (χ4n) is 0.863. The van der Waals surface area contributed by atoms with Crippen LogP contribution >= 0.6 is 15.9 Å². The molecule has 0 saturated carbocycles. The van der Waals surface area contributed by atoms with E-state index in [0.717, 1.165) is 4.47 Å². The van der Waals surface area contributed by atoms with E-state index in [9.17, 15) is 4.79 Å². The van der Waals surface area contributed by atoms with E-state index >= 15 is 0 Å². The van der Waals surface area contributed by atoms with E-state index < -0.39 is 0 Å². The Labute approximate surface area is 85.5 Å². The molecule has 0 unspecified atom stereocenters. The third-order valence-electron chi connectivity index (χ3n) is 1.44. The van der Waals surface area contributed by atoms with Gasteiger partial charge in [-0.05, 0) is 18.2 Å². The van der Waals surface area contributed by atoms with Crippen LogP contribution in [0.2, 0.25) is 0 Å². The molecule has 13 heavy (non-hydrogen) atoms. The van der Waals surface area contributed by atoms with Crippen molar-refractivity contribution in [2.75, 3.05) is 6.54 Å². The maximum Gasteiger partial charge on any atom is 0.252 e. The number of hydrogen-bond acceptors (Lipinski definition) is 1. The Bertz CT molecular complexity index is 354. The van der Waals surface area contributed by atoms with Crippen LogP contribution in [0.4, 0.5) is 0 Å². The third-order valence-corrected chi connectivity index (χ3v) is 1.93. The molecule has 2 nitrogen and oxygen atoms in total. The second kappa shape index (κ2) is 4.68. The fourth-order valence-corrected chi connectivity index (χ4v) is 1.26. The molecule has 0 aliphatic heterocycles. The van der Waals surface area contributed by atoms with Gasteiger partial charge < -0.3 is 5.32 Å². The van der Waals surface area contributed by atoms with Crippen molar-refractivity contribution in [1.82, 2.24) is 5.32 Å². The molecule has 0 atom stereocenters. The molecule has 0 fully saturated rings. The summed E-state index contributed by atoms with van der Waals surface area (Å²) in [6.07, 6.45) is 5.01. The fraction of sp³-hybridized carbons (Fsp3) is 0.100. The van der Waals surface area contributed by atoms with Crippen molar-refractivity contribution >= 4 is 21.8 Å². The van der Waals surface area contributed by atoms with Gasteiger partial charge in [0.05, 0.1) is 6.54 Å². The zero-order valence-corrected chi connectivity index (χ0v) is 8.47. The summed E-state index contributed by atoms with van der Waals surface area (Å²) >= 11 is 3.28. The maximum absolute atomic E-state index is 11.3. The van der Waals surface area contributed by atoms with Crippen molar-refractivity contribution in [3.63, 3.8) is 0 Å². The van der Waals surface area contributed by atoms with E-state index in [4.69, 9.17) is 6.42 Å². The summed E-state index contributed by atoms with van der Waals surface area (Å²) in [7, 11) is 0. The number of benzene rings is 1. The minimum Gasteiger partial charge on any atom is -0.341 e. The molecule has 0 spiro atoms. The van der Waals surface area contributed by atoms with E-state index in [-0.39, 0.29) is 12.5 Å². The first-order chi connectivity index (χ1) is 6.24. The highest BCUT2D eigenvalue weighted by atomic mass is 79.9. The van der Waals surface area contributed by atoms with Crippen LogP contribution in [0.1, 0.15) is 10.4 Å². The van der Waals surface area contributed by atoms with Crippen molar-refractivity contribution in [1.29, 1.82) is 0 Å². The molecule has 1 N–H and O–H groups in total. The van der Waals surface area contributed by atoms with Gasteiger partial charge >= 0.3 is 0 Å². The van der Waals surface area contributed by atoms with Crippen molar-refractivity contribution in [2.45, 2.75) is 0 Å². The number of amides is 1. The van der Waals surface area contributed by atoms with Gasteiger partial charge in [0.1, 0.15) is 0 Å². The lowest BCUT2D eigenvalue weighted by molar-refractivity contribution is 0.0958. The van der Waals surface area contributed by atoms with Crippen LogP contribution in [0.25, 0.3) is 0 Å². The Morgan fingerprint density at radius 1 is 1.62 bits per heavy atom. The molecule has 0 saturated heterocycles. The lowest BCUT2D eigenvalue weighted by Crippen LogP contribution is -2.23. The van der Waals surface area contributed by atoms with Gasteiger partial charge in [0.15, 0.2) is 0 Å². The predicted octanol–water partition coefficient (Wildman–Crippen LogP) is 1.81. The van der Waals surface area contributed by atoms with Crippen LogP contribution in [0.5, 0.6) is 0 Å². The third kappa shape index (κ3) is 2.92. The molecule has 0 aliphatic rings. The molecule has 0 aliphatic carbocycles. The molecular weight excluding hydrogens is 230 g/mol. The van der Waals surface area contributed by atoms with E-state index in [1.54, 1.807) is 18.2 Å². The minimum atomic E-state index is -0.153. The number of halogens is 1. The van der Waals surface area contributed by atoms with Gasteiger partial charge in [0, 0.05) is 10.0 Å². The topological polar surface area (TPSA) is 29.1 Å². The van der Waals surface area contributed by atoms with Crippen molar-refractivity contribution in [3.05, 3.63) is 34.3 Å². The largest absolute Gasteiger partial charge is 0.341 e. The summed E-state index contributed by atoms with van der Waals surface area (Å²) in [6, 6.07) is 7.13. The molecule has 3 heteroatoms. The summed E-state index contributed by atoms with van der Waals surface area (Å²) in [5, 5.41) is 2.58. The monoisotopic (exact) mass is 237 g/mol. The molecule has 0 bridgehead atoms. The number of carbonyl (C=O) groups excluding carboxylic acids is 1. The van der Waals surface area contributed by atoms with Crippen molar-refractivity contribution in [3.8, 4) is 12.3 Å². The molecule has 1 aromatic rings. The zero-order valence-electron chi connectivity index (χ0n) is 6.88. The normalized spacial score (nSPS) is 8.92. The first-order valence-electron chi connectivity index (χ1n) is 3.71. The quantitative estimate of drug-likeness (QED) is 0.782. The smallest absolute Gasteiger partial charge is 0.252 e. The van der Waals surface area contributed by atoms with Crippen LogP contribution in [0.15, 0.2) is 28.7 Å². The average molecular weight is 238 g/mol. The van der Waals surface area contributed by atoms with Gasteiger partial charge in [-0.25, -0.2) is 0 Å². The summed E-state index contributed by atoms with van der Waals surface area (Å²) in [4.78, 5) is 11.3. The highest BCUT2D eigenvalue weighted by Crippen LogP contribution is 2.11. The first-order valence-corrected chi connectivity index (χ1v) is 4.50. The summed E-state index contributed by atoms with van der Waals surface area (Å²) in [5.74, 6) is 2.19. The van der Waals surface area contributed by atoms with E-state index in [1.165, 1.54) is 0 Å². The Morgan fingerprint density at radius 3 is 3.00 bits per heavy atom. The minimum absolute atomic E-state index is 0.153. The highest BCUT2D eigenvalue weighted by Gasteiger charge is 2.02. The van der Waals surface area contributed by atoms with Crippen LogP contribution in [0.3, 0.4) is 0 Å². The van der Waals surface area contributed by atoms with Gasteiger partial charge in [-0.2, -0.15) is 0 Å². The molecule has 1 aromatic carbocycles. The number of terminal acetylenes is 1. The second-order valence-corrected chi connectivity index (χ2v) is 3.31. The van der Waals surface area contributed by atoms with Gasteiger partial charge in [-0.3, -0.25) is 4.79 Å². The SMILES string of the molecule is C#CCNC(=O)c1cccc(Br)c1. The van der Waals surface area contributed by atoms with E-state index in [0.29, 0.717) is 5.56 Å². The van der Waals surface area contributed by atoms with Crippen molar-refractivity contribution in [2.24, 2.45) is 0 Å². The van der Waals surface area contributed by atoms with Crippen molar-refractivity contribution < 1.29 is 4.79 Å². The molecule has 0 aromatic heterocycles. The van der Waals surface area contributed by atoms with E-state index in [2.05, 4.69) is 27.2 Å². The summed E-state index contributed by atoms with van der Waals surface area (Å²) < 4.78 is 0.876. The molecular formula is C10H8BrNO. The standard InChI is InChI=1S/C10H8BrNO/c1-2-6-12-10(13)8-4-3-5-9(11)7-8/h1,3-5,7H,6H2,(H,12,13).